The topological polar surface area (TPSA) is 38.7 Å². The molecule has 16 heavy (non-hydrogen) atoms. The number of nitrogens with zero attached hydrogens (tertiary/aromatic N) is 2. The molecule has 0 aliphatic carbocycles. The van der Waals surface area contributed by atoms with Gasteiger partial charge in [0, 0.05) is 24.7 Å². The number of likely N-dealkylation sites (tertiary alicyclic amines) is 1. The number of hydrogen-bond acceptors (Lipinski definition) is 4. The molecule has 0 aromatic rings. The highest BCUT2D eigenvalue weighted by molar-refractivity contribution is 4.85. The summed E-state index contributed by atoms with van der Waals surface area (Å²) in [4.78, 5) is 4.80. The van der Waals surface area contributed by atoms with Crippen molar-refractivity contribution in [2.45, 2.75) is 31.3 Å². The van der Waals surface area contributed by atoms with Crippen LogP contribution in [0.5, 0.6) is 0 Å². The van der Waals surface area contributed by atoms with Crippen LogP contribution in [0.15, 0.2) is 0 Å². The van der Waals surface area contributed by atoms with Crippen LogP contribution >= 0.6 is 0 Å². The molecule has 0 spiro atoms. The number of likely N-dealkylation sites (N-methyl/N-ethyl adjacent to an activating group) is 2. The average molecular weight is 229 g/mol. The number of aliphatic hydroxyl groups excluding tert-OH is 1. The Hall–Kier alpha value is -0.160. The van der Waals surface area contributed by atoms with Crippen molar-refractivity contribution in [1.29, 1.82) is 0 Å². The van der Waals surface area contributed by atoms with Crippen molar-refractivity contribution in [3.63, 3.8) is 0 Å². The summed E-state index contributed by atoms with van der Waals surface area (Å²) in [7, 11) is 6.22. The third-order valence-electron chi connectivity index (χ3n) is 3.91. The minimum atomic E-state index is -0.129. The van der Waals surface area contributed by atoms with Crippen LogP contribution in [0, 0.1) is 0 Å². The fourth-order valence-corrected chi connectivity index (χ4v) is 2.12. The van der Waals surface area contributed by atoms with Gasteiger partial charge in [-0.1, -0.05) is 0 Å². The summed E-state index contributed by atoms with van der Waals surface area (Å²) >= 11 is 0. The Balaban J connectivity index is 2.29. The minimum Gasteiger partial charge on any atom is -0.394 e. The third-order valence-corrected chi connectivity index (χ3v) is 3.91. The summed E-state index contributed by atoms with van der Waals surface area (Å²) in [5.74, 6) is 0. The molecule has 1 aliphatic rings. The lowest BCUT2D eigenvalue weighted by Gasteiger charge is -2.29. The summed E-state index contributed by atoms with van der Waals surface area (Å²) in [6.45, 7) is 5.70. The molecule has 0 aromatic carbocycles. The molecular weight excluding hydrogens is 202 g/mol. The predicted molar refractivity (Wildman–Crippen MR) is 67.7 cm³/mol. The van der Waals surface area contributed by atoms with Gasteiger partial charge < -0.3 is 20.2 Å². The van der Waals surface area contributed by atoms with Gasteiger partial charge >= 0.3 is 0 Å². The van der Waals surface area contributed by atoms with E-state index in [9.17, 15) is 5.11 Å². The van der Waals surface area contributed by atoms with E-state index in [1.807, 2.05) is 7.05 Å². The molecule has 2 atom stereocenters. The van der Waals surface area contributed by atoms with Gasteiger partial charge in [0.1, 0.15) is 0 Å². The molecule has 0 aromatic heterocycles. The van der Waals surface area contributed by atoms with Crippen LogP contribution in [-0.4, -0.2) is 73.9 Å². The summed E-state index contributed by atoms with van der Waals surface area (Å²) in [6.07, 6.45) is 2.27. The molecule has 4 nitrogen and oxygen atoms in total. The first-order valence-corrected chi connectivity index (χ1v) is 6.19. The number of nitrogens with one attached hydrogen (secondary N) is 1. The highest BCUT2D eigenvalue weighted by Crippen LogP contribution is 2.16. The molecule has 1 fully saturated rings. The molecule has 0 amide bonds. The summed E-state index contributed by atoms with van der Waals surface area (Å²) in [5.41, 5.74) is -0.129. The lowest BCUT2D eigenvalue weighted by Crippen LogP contribution is -2.46. The van der Waals surface area contributed by atoms with Crippen LogP contribution in [0.25, 0.3) is 0 Å². The minimum absolute atomic E-state index is 0.129. The van der Waals surface area contributed by atoms with Crippen molar-refractivity contribution in [3.05, 3.63) is 0 Å². The molecular formula is C12H27N3O. The van der Waals surface area contributed by atoms with Gasteiger partial charge in [0.05, 0.1) is 6.61 Å². The van der Waals surface area contributed by atoms with Crippen LogP contribution in [0.2, 0.25) is 0 Å². The average Bonchev–Trinajstić information content (AvgIpc) is 2.75. The zero-order chi connectivity index (χ0) is 12.2. The van der Waals surface area contributed by atoms with E-state index in [0.717, 1.165) is 19.5 Å². The van der Waals surface area contributed by atoms with Gasteiger partial charge in [-0.05, 0) is 47.5 Å². The number of hydrogen-bond donors (Lipinski definition) is 2. The molecule has 96 valence electrons. The molecule has 1 aliphatic heterocycles. The maximum Gasteiger partial charge on any atom is 0.0610 e. The lowest BCUT2D eigenvalue weighted by atomic mass is 9.99. The number of rotatable bonds is 6. The van der Waals surface area contributed by atoms with Gasteiger partial charge in [-0.2, -0.15) is 0 Å². The molecule has 0 radical (unpaired) electrons. The van der Waals surface area contributed by atoms with Crippen LogP contribution in [0.1, 0.15) is 19.8 Å². The van der Waals surface area contributed by atoms with Crippen molar-refractivity contribution in [1.82, 2.24) is 15.1 Å². The molecule has 1 saturated heterocycles. The zero-order valence-electron chi connectivity index (χ0n) is 11.2. The van der Waals surface area contributed by atoms with E-state index in [4.69, 9.17) is 0 Å². The van der Waals surface area contributed by atoms with Crippen molar-refractivity contribution in [2.24, 2.45) is 0 Å². The maximum absolute atomic E-state index is 9.31. The molecule has 2 unspecified atom stereocenters. The van der Waals surface area contributed by atoms with E-state index >= 15 is 0 Å². The van der Waals surface area contributed by atoms with E-state index < -0.39 is 0 Å². The lowest BCUT2D eigenvalue weighted by molar-refractivity contribution is 0.156. The fraction of sp³-hybridized carbons (Fsp3) is 1.00. The van der Waals surface area contributed by atoms with Gasteiger partial charge in [0.2, 0.25) is 0 Å². The summed E-state index contributed by atoms with van der Waals surface area (Å²) in [6, 6.07) is 0.704. The smallest absolute Gasteiger partial charge is 0.0610 e. The summed E-state index contributed by atoms with van der Waals surface area (Å²) < 4.78 is 0. The van der Waals surface area contributed by atoms with Crippen LogP contribution in [-0.2, 0) is 0 Å². The van der Waals surface area contributed by atoms with E-state index in [2.05, 4.69) is 36.1 Å². The molecule has 0 bridgehead atoms. The standard InChI is InChI=1S/C12H27N3O/c1-12(10-16,13-2)6-8-15-7-5-11(9-15)14(3)4/h11,13,16H,5-10H2,1-4H3. The second-order valence-electron chi connectivity index (χ2n) is 5.43. The first-order valence-electron chi connectivity index (χ1n) is 6.19. The Morgan fingerprint density at radius 1 is 1.50 bits per heavy atom. The van der Waals surface area contributed by atoms with Gasteiger partial charge in [0.15, 0.2) is 0 Å². The van der Waals surface area contributed by atoms with E-state index in [1.54, 1.807) is 0 Å². The molecule has 2 N–H and O–H groups in total. The quantitative estimate of drug-likeness (QED) is 0.671. The van der Waals surface area contributed by atoms with E-state index in [1.165, 1.54) is 13.0 Å². The van der Waals surface area contributed by atoms with Crippen molar-refractivity contribution < 1.29 is 5.11 Å². The zero-order valence-corrected chi connectivity index (χ0v) is 11.2. The second kappa shape index (κ2) is 5.96. The van der Waals surface area contributed by atoms with Crippen molar-refractivity contribution in [2.75, 3.05) is 47.4 Å². The van der Waals surface area contributed by atoms with Crippen molar-refractivity contribution in [3.8, 4) is 0 Å². The Bertz CT molecular complexity index is 204. The van der Waals surface area contributed by atoms with Crippen LogP contribution < -0.4 is 5.32 Å². The molecule has 0 saturated carbocycles. The third kappa shape index (κ3) is 3.70. The Morgan fingerprint density at radius 2 is 2.19 bits per heavy atom. The Kier molecular flexibility index (Phi) is 5.18. The first-order chi connectivity index (χ1) is 7.50. The highest BCUT2D eigenvalue weighted by Gasteiger charge is 2.26. The number of aliphatic hydroxyl groups is 1. The molecule has 4 heteroatoms. The van der Waals surface area contributed by atoms with Crippen molar-refractivity contribution >= 4 is 0 Å². The fourth-order valence-electron chi connectivity index (χ4n) is 2.12. The second-order valence-corrected chi connectivity index (χ2v) is 5.43. The first kappa shape index (κ1) is 13.9. The SMILES string of the molecule is CNC(C)(CO)CCN1CCC(N(C)C)C1. The monoisotopic (exact) mass is 229 g/mol. The van der Waals surface area contributed by atoms with Gasteiger partial charge in [-0.3, -0.25) is 0 Å². The Morgan fingerprint density at radius 3 is 2.62 bits per heavy atom. The van der Waals surface area contributed by atoms with Gasteiger partial charge in [-0.25, -0.2) is 0 Å². The highest BCUT2D eigenvalue weighted by atomic mass is 16.3. The van der Waals surface area contributed by atoms with E-state index in [-0.39, 0.29) is 12.1 Å². The molecule has 1 heterocycles. The van der Waals surface area contributed by atoms with E-state index in [0.29, 0.717) is 6.04 Å². The predicted octanol–water partition coefficient (Wildman–Crippen LogP) is -0.0172. The summed E-state index contributed by atoms with van der Waals surface area (Å²) in [5, 5.41) is 12.5. The maximum atomic E-state index is 9.31. The van der Waals surface area contributed by atoms with Crippen LogP contribution in [0.4, 0.5) is 0 Å². The van der Waals surface area contributed by atoms with Gasteiger partial charge in [0.25, 0.3) is 0 Å². The normalized spacial score (nSPS) is 26.2. The molecule has 1 rings (SSSR count). The Labute approximate surface area is 99.6 Å². The van der Waals surface area contributed by atoms with Crippen LogP contribution in [0.3, 0.4) is 0 Å². The largest absolute Gasteiger partial charge is 0.394 e. The van der Waals surface area contributed by atoms with Gasteiger partial charge in [-0.15, -0.1) is 0 Å².